The zero-order chi connectivity index (χ0) is 27.7. The molecule has 0 bridgehead atoms. The number of nitrogens with zero attached hydrogens (tertiary/aromatic N) is 1. The van der Waals surface area contributed by atoms with E-state index in [1.165, 1.54) is 11.9 Å². The minimum Gasteiger partial charge on any atom is -0.394 e. The molecular weight excluding hydrogens is 821 g/mol. The Morgan fingerprint density at radius 1 is 0.778 bits per heavy atom. The van der Waals surface area contributed by atoms with Gasteiger partial charge in [0.05, 0.1) is 81.2 Å². The van der Waals surface area contributed by atoms with E-state index >= 15 is 0 Å². The zero-order valence-corrected chi connectivity index (χ0v) is 25.8. The minimum atomic E-state index is -1.45. The van der Waals surface area contributed by atoms with Crippen LogP contribution in [0, 0.1) is 10.7 Å². The number of hydrogen-bond donors (Lipinski definition) is 9. The number of aliphatic hydroxyl groups excluding tert-OH is 6. The Morgan fingerprint density at radius 2 is 1.17 bits per heavy atom. The van der Waals surface area contributed by atoms with Gasteiger partial charge in [0.15, 0.2) is 0 Å². The van der Waals surface area contributed by atoms with Crippen molar-refractivity contribution in [2.45, 2.75) is 24.3 Å². The van der Waals surface area contributed by atoms with Crippen molar-refractivity contribution in [3.05, 3.63) is 21.8 Å². The number of carbonyl (C=O) groups excluding carboxylic acids is 3. The van der Waals surface area contributed by atoms with Crippen LogP contribution in [0.25, 0.3) is 0 Å². The highest BCUT2D eigenvalue weighted by molar-refractivity contribution is 14.1. The molecule has 4 atom stereocenters. The highest BCUT2D eigenvalue weighted by atomic mass is 127. The summed E-state index contributed by atoms with van der Waals surface area (Å²) in [6.45, 7) is -2.83. The Bertz CT molecular complexity index is 894. The molecule has 0 aliphatic carbocycles. The van der Waals surface area contributed by atoms with E-state index in [9.17, 15) is 45.0 Å². The number of amides is 3. The Balaban J connectivity index is 3.77. The lowest BCUT2D eigenvalue weighted by molar-refractivity contribution is -0.117. The van der Waals surface area contributed by atoms with Crippen molar-refractivity contribution in [1.82, 2.24) is 16.0 Å². The van der Waals surface area contributed by atoms with Crippen LogP contribution >= 0.6 is 67.8 Å². The Morgan fingerprint density at radius 3 is 1.47 bits per heavy atom. The van der Waals surface area contributed by atoms with Crippen LogP contribution in [0.3, 0.4) is 0 Å². The maximum absolute atomic E-state index is 13.3. The van der Waals surface area contributed by atoms with Crippen molar-refractivity contribution < 1.29 is 45.0 Å². The highest BCUT2D eigenvalue weighted by Gasteiger charge is 2.33. The van der Waals surface area contributed by atoms with E-state index in [1.807, 2.05) is 45.2 Å². The van der Waals surface area contributed by atoms with Crippen LogP contribution in [-0.4, -0.2) is 120 Å². The van der Waals surface area contributed by atoms with Gasteiger partial charge in [-0.15, -0.1) is 0 Å². The SMILES string of the molecule is CNCC(=O)N(C)c1c(I)c(C(=O)NC(CO)C(O)CO)c(I)c(C(=O)NC(CO)C(O)CO)c1I. The van der Waals surface area contributed by atoms with Gasteiger partial charge in [0.25, 0.3) is 11.8 Å². The standard InChI is InChI=1S/C20H29I3N4O9/c1-24-3-12(34)27(2)18-16(22)13(19(35)25-8(4-28)10(32)6-30)15(21)14(17(18)23)20(36)26-9(5-29)11(33)7-31/h8-11,24,28-33H,3-7H2,1-2H3,(H,25,35)(H,26,36). The number of benzene rings is 1. The first-order chi connectivity index (χ1) is 16.9. The molecule has 0 spiro atoms. The molecule has 13 nitrogen and oxygen atoms in total. The second-order valence-electron chi connectivity index (χ2n) is 7.55. The lowest BCUT2D eigenvalue weighted by Gasteiger charge is -2.27. The van der Waals surface area contributed by atoms with Crippen molar-refractivity contribution in [2.24, 2.45) is 0 Å². The van der Waals surface area contributed by atoms with E-state index in [-0.39, 0.29) is 32.8 Å². The van der Waals surface area contributed by atoms with Gasteiger partial charge in [-0.2, -0.15) is 0 Å². The second kappa shape index (κ2) is 15.8. The third-order valence-electron chi connectivity index (χ3n) is 5.11. The zero-order valence-electron chi connectivity index (χ0n) is 19.3. The second-order valence-corrected chi connectivity index (χ2v) is 10.8. The summed E-state index contributed by atoms with van der Waals surface area (Å²) in [5, 5.41) is 64.9. The Kier molecular flexibility index (Phi) is 14.8. The van der Waals surface area contributed by atoms with Crippen LogP contribution < -0.4 is 20.9 Å². The van der Waals surface area contributed by atoms with Gasteiger partial charge in [-0.25, -0.2) is 0 Å². The molecule has 1 aromatic carbocycles. The lowest BCUT2D eigenvalue weighted by atomic mass is 10.0. The monoisotopic (exact) mass is 850 g/mol. The van der Waals surface area contributed by atoms with E-state index in [0.717, 1.165) is 0 Å². The van der Waals surface area contributed by atoms with Gasteiger partial charge in [0.1, 0.15) is 0 Å². The van der Waals surface area contributed by atoms with Gasteiger partial charge < -0.3 is 51.5 Å². The molecule has 0 aromatic heterocycles. The molecule has 16 heteroatoms. The number of hydrogen-bond acceptors (Lipinski definition) is 10. The molecule has 1 rings (SSSR count). The number of anilines is 1. The van der Waals surface area contributed by atoms with Crippen LogP contribution in [-0.2, 0) is 4.79 Å². The summed E-state index contributed by atoms with van der Waals surface area (Å²) in [7, 11) is 3.05. The predicted octanol–water partition coefficient (Wildman–Crippen LogP) is -2.43. The smallest absolute Gasteiger partial charge is 0.253 e. The van der Waals surface area contributed by atoms with Gasteiger partial charge in [-0.05, 0) is 74.8 Å². The Labute approximate surface area is 248 Å². The molecule has 0 fully saturated rings. The number of carbonyl (C=O) groups is 3. The van der Waals surface area contributed by atoms with Crippen molar-refractivity contribution in [3.8, 4) is 0 Å². The number of rotatable bonds is 13. The van der Waals surface area contributed by atoms with Gasteiger partial charge in [-0.1, -0.05) is 0 Å². The summed E-state index contributed by atoms with van der Waals surface area (Å²) < 4.78 is 0.748. The first-order valence-corrected chi connectivity index (χ1v) is 13.7. The molecule has 0 aliphatic heterocycles. The summed E-state index contributed by atoms with van der Waals surface area (Å²) >= 11 is 5.48. The van der Waals surface area contributed by atoms with Crippen LogP contribution in [0.5, 0.6) is 0 Å². The molecule has 0 saturated carbocycles. The van der Waals surface area contributed by atoms with Crippen LogP contribution in [0.15, 0.2) is 0 Å². The summed E-state index contributed by atoms with van der Waals surface area (Å²) in [5.74, 6) is -1.95. The highest BCUT2D eigenvalue weighted by Crippen LogP contribution is 2.37. The molecule has 1 aromatic rings. The quantitative estimate of drug-likeness (QED) is 0.0959. The maximum Gasteiger partial charge on any atom is 0.253 e. The molecule has 0 heterocycles. The summed E-state index contributed by atoms with van der Waals surface area (Å²) in [4.78, 5) is 40.5. The first kappa shape index (κ1) is 33.6. The third kappa shape index (κ3) is 8.02. The molecule has 3 amide bonds. The normalized spacial score (nSPS) is 14.5. The maximum atomic E-state index is 13.3. The van der Waals surface area contributed by atoms with E-state index in [2.05, 4.69) is 16.0 Å². The van der Waals surface area contributed by atoms with Gasteiger partial charge >= 0.3 is 0 Å². The molecule has 9 N–H and O–H groups in total. The predicted molar refractivity (Wildman–Crippen MR) is 155 cm³/mol. The summed E-state index contributed by atoms with van der Waals surface area (Å²) in [6.07, 6.45) is -2.91. The summed E-state index contributed by atoms with van der Waals surface area (Å²) in [5.41, 5.74) is 0.166. The topological polar surface area (TPSA) is 212 Å². The van der Waals surface area contributed by atoms with Crippen molar-refractivity contribution >= 4 is 91.2 Å². The third-order valence-corrected chi connectivity index (χ3v) is 8.29. The average molecular weight is 850 g/mol. The van der Waals surface area contributed by atoms with Gasteiger partial charge in [0.2, 0.25) is 5.91 Å². The van der Waals surface area contributed by atoms with E-state index < -0.39 is 62.5 Å². The minimum absolute atomic E-state index is 0.0345. The van der Waals surface area contributed by atoms with Crippen LogP contribution in [0.4, 0.5) is 5.69 Å². The summed E-state index contributed by atoms with van der Waals surface area (Å²) in [6, 6.07) is -2.42. The fourth-order valence-electron chi connectivity index (χ4n) is 3.00. The number of nitrogens with one attached hydrogen (secondary N) is 3. The van der Waals surface area contributed by atoms with Gasteiger partial charge in [-0.3, -0.25) is 14.4 Å². The molecule has 0 saturated heterocycles. The fraction of sp³-hybridized carbons (Fsp3) is 0.550. The first-order valence-electron chi connectivity index (χ1n) is 10.4. The molecule has 4 unspecified atom stereocenters. The molecule has 204 valence electrons. The van der Waals surface area contributed by atoms with Crippen molar-refractivity contribution in [1.29, 1.82) is 0 Å². The van der Waals surface area contributed by atoms with E-state index in [1.54, 1.807) is 29.6 Å². The number of aliphatic hydroxyl groups is 6. The molecule has 36 heavy (non-hydrogen) atoms. The lowest BCUT2D eigenvalue weighted by Crippen LogP contribution is -2.49. The van der Waals surface area contributed by atoms with E-state index in [0.29, 0.717) is 7.14 Å². The molecular formula is C20H29I3N4O9. The molecule has 0 aliphatic rings. The van der Waals surface area contributed by atoms with Crippen molar-refractivity contribution in [3.63, 3.8) is 0 Å². The number of halogens is 3. The van der Waals surface area contributed by atoms with E-state index in [4.69, 9.17) is 0 Å². The van der Waals surface area contributed by atoms with Crippen molar-refractivity contribution in [2.75, 3.05) is 52.0 Å². The fourth-order valence-corrected chi connectivity index (χ4v) is 7.87. The number of likely N-dealkylation sites (N-methyl/N-ethyl adjacent to an activating group) is 2. The van der Waals surface area contributed by atoms with Crippen LogP contribution in [0.1, 0.15) is 20.7 Å². The Hall–Kier alpha value is -0.460. The average Bonchev–Trinajstić information content (AvgIpc) is 2.84. The van der Waals surface area contributed by atoms with Crippen LogP contribution in [0.2, 0.25) is 0 Å². The largest absolute Gasteiger partial charge is 0.394 e. The van der Waals surface area contributed by atoms with Gasteiger partial charge in [0, 0.05) is 10.6 Å². The molecule has 0 radical (unpaired) electrons.